The van der Waals surface area contributed by atoms with E-state index >= 15 is 0 Å². The fourth-order valence-electron chi connectivity index (χ4n) is 1.88. The first-order valence-electron chi connectivity index (χ1n) is 5.72. The Morgan fingerprint density at radius 3 is 2.80 bits per heavy atom. The molecule has 0 aliphatic rings. The van der Waals surface area contributed by atoms with Gasteiger partial charge in [-0.1, -0.05) is 0 Å². The maximum Gasteiger partial charge on any atom is 0.334 e. The molecule has 0 radical (unpaired) electrons. The molecule has 20 heavy (non-hydrogen) atoms. The van der Waals surface area contributed by atoms with E-state index in [1.807, 2.05) is 0 Å². The lowest BCUT2D eigenvalue weighted by Gasteiger charge is -2.08. The Bertz CT molecular complexity index is 669. The molecule has 106 valence electrons. The van der Waals surface area contributed by atoms with Crippen molar-refractivity contribution in [2.75, 3.05) is 12.4 Å². The highest BCUT2D eigenvalue weighted by atomic mass is 19.1. The van der Waals surface area contributed by atoms with Crippen LogP contribution < -0.4 is 10.1 Å². The molecule has 2 rings (SSSR count). The molecule has 7 nitrogen and oxygen atoms in total. The van der Waals surface area contributed by atoms with E-state index < -0.39 is 10.7 Å². The minimum Gasteiger partial charge on any atom is -0.494 e. The van der Waals surface area contributed by atoms with Crippen LogP contribution >= 0.6 is 0 Å². The van der Waals surface area contributed by atoms with E-state index in [0.717, 1.165) is 0 Å². The number of nitrogens with one attached hydrogen (secondary N) is 1. The first-order chi connectivity index (χ1) is 9.43. The van der Waals surface area contributed by atoms with Crippen molar-refractivity contribution in [1.82, 2.24) is 9.78 Å². The number of anilines is 2. The topological polar surface area (TPSA) is 82.2 Å². The molecule has 0 fully saturated rings. The van der Waals surface area contributed by atoms with E-state index in [1.54, 1.807) is 14.0 Å². The number of methoxy groups -OCH3 is 1. The molecule has 0 aliphatic heterocycles. The van der Waals surface area contributed by atoms with Crippen molar-refractivity contribution >= 4 is 17.2 Å². The number of aryl methyl sites for hydroxylation is 2. The van der Waals surface area contributed by atoms with Crippen molar-refractivity contribution in [3.8, 4) is 5.75 Å². The fraction of sp³-hybridized carbons (Fsp3) is 0.250. The number of nitrogens with zero attached hydrogens (tertiary/aromatic N) is 3. The zero-order chi connectivity index (χ0) is 14.9. The number of halogens is 1. The average Bonchev–Trinajstić information content (AvgIpc) is 2.66. The van der Waals surface area contributed by atoms with E-state index in [2.05, 4.69) is 10.4 Å². The number of nitro groups is 1. The molecular weight excluding hydrogens is 267 g/mol. The van der Waals surface area contributed by atoms with E-state index in [0.29, 0.717) is 11.4 Å². The molecule has 0 aliphatic carbocycles. The third-order valence-electron chi connectivity index (χ3n) is 2.79. The lowest BCUT2D eigenvalue weighted by Crippen LogP contribution is -2.02. The average molecular weight is 280 g/mol. The van der Waals surface area contributed by atoms with Crippen LogP contribution in [0.4, 0.5) is 21.6 Å². The molecule has 0 spiro atoms. The predicted octanol–water partition coefficient (Wildman–Crippen LogP) is 2.53. The SMILES string of the molecule is COc1cc(Nc2c([N+](=O)[O-])c(C)nn2C)ccc1F. The maximum atomic E-state index is 13.3. The zero-order valence-electron chi connectivity index (χ0n) is 11.2. The van der Waals surface area contributed by atoms with E-state index in [9.17, 15) is 14.5 Å². The lowest BCUT2D eigenvalue weighted by molar-refractivity contribution is -0.384. The van der Waals surface area contributed by atoms with Gasteiger partial charge in [0.1, 0.15) is 5.69 Å². The second-order valence-electron chi connectivity index (χ2n) is 4.14. The molecule has 1 heterocycles. The van der Waals surface area contributed by atoms with Gasteiger partial charge in [-0.25, -0.2) is 9.07 Å². The van der Waals surface area contributed by atoms with Crippen LogP contribution in [-0.2, 0) is 7.05 Å². The first-order valence-corrected chi connectivity index (χ1v) is 5.72. The Hall–Kier alpha value is -2.64. The monoisotopic (exact) mass is 280 g/mol. The smallest absolute Gasteiger partial charge is 0.334 e. The van der Waals surface area contributed by atoms with Crippen molar-refractivity contribution in [2.45, 2.75) is 6.92 Å². The van der Waals surface area contributed by atoms with Gasteiger partial charge in [-0.15, -0.1) is 0 Å². The summed E-state index contributed by atoms with van der Waals surface area (Å²) in [5, 5.41) is 17.9. The van der Waals surface area contributed by atoms with Crippen molar-refractivity contribution in [3.05, 3.63) is 39.8 Å². The number of hydrogen-bond acceptors (Lipinski definition) is 5. The number of hydrogen-bond donors (Lipinski definition) is 1. The van der Waals surface area contributed by atoms with Crippen LogP contribution in [0.25, 0.3) is 0 Å². The molecule has 0 atom stereocenters. The molecule has 0 saturated carbocycles. The third kappa shape index (κ3) is 2.40. The number of benzene rings is 1. The van der Waals surface area contributed by atoms with Crippen LogP contribution in [0.2, 0.25) is 0 Å². The number of ether oxygens (including phenoxy) is 1. The number of aromatic nitrogens is 2. The Morgan fingerprint density at radius 2 is 2.20 bits per heavy atom. The van der Waals surface area contributed by atoms with Crippen molar-refractivity contribution < 1.29 is 14.1 Å². The summed E-state index contributed by atoms with van der Waals surface area (Å²) in [7, 11) is 2.93. The van der Waals surface area contributed by atoms with Crippen LogP contribution in [0, 0.1) is 22.9 Å². The zero-order valence-corrected chi connectivity index (χ0v) is 11.2. The van der Waals surface area contributed by atoms with Crippen LogP contribution in [0.5, 0.6) is 5.75 Å². The van der Waals surface area contributed by atoms with Gasteiger partial charge in [0.15, 0.2) is 11.6 Å². The molecule has 0 bridgehead atoms. The molecule has 2 aromatic rings. The van der Waals surface area contributed by atoms with Gasteiger partial charge in [-0.3, -0.25) is 10.1 Å². The van der Waals surface area contributed by atoms with E-state index in [4.69, 9.17) is 4.74 Å². The van der Waals surface area contributed by atoms with Crippen LogP contribution in [0.15, 0.2) is 18.2 Å². The summed E-state index contributed by atoms with van der Waals surface area (Å²) >= 11 is 0. The Kier molecular flexibility index (Phi) is 3.55. The fourth-order valence-corrected chi connectivity index (χ4v) is 1.88. The third-order valence-corrected chi connectivity index (χ3v) is 2.79. The summed E-state index contributed by atoms with van der Waals surface area (Å²) in [5.74, 6) is -0.230. The summed E-state index contributed by atoms with van der Waals surface area (Å²) in [4.78, 5) is 10.5. The molecule has 1 aromatic heterocycles. The summed E-state index contributed by atoms with van der Waals surface area (Å²) in [5.41, 5.74) is 0.652. The van der Waals surface area contributed by atoms with Crippen LogP contribution in [-0.4, -0.2) is 21.8 Å². The lowest BCUT2D eigenvalue weighted by atomic mass is 10.2. The first kappa shape index (κ1) is 13.8. The normalized spacial score (nSPS) is 10.4. The highest BCUT2D eigenvalue weighted by molar-refractivity contribution is 5.68. The molecule has 0 saturated heterocycles. The van der Waals surface area contributed by atoms with Gasteiger partial charge in [0.25, 0.3) is 0 Å². The highest BCUT2D eigenvalue weighted by Gasteiger charge is 2.24. The summed E-state index contributed by atoms with van der Waals surface area (Å²) < 4.78 is 19.6. The van der Waals surface area contributed by atoms with Crippen molar-refractivity contribution in [3.63, 3.8) is 0 Å². The number of rotatable bonds is 4. The van der Waals surface area contributed by atoms with Crippen LogP contribution in [0.3, 0.4) is 0 Å². The van der Waals surface area contributed by atoms with Gasteiger partial charge < -0.3 is 10.1 Å². The largest absolute Gasteiger partial charge is 0.494 e. The highest BCUT2D eigenvalue weighted by Crippen LogP contribution is 2.31. The molecule has 1 aromatic carbocycles. The van der Waals surface area contributed by atoms with Gasteiger partial charge >= 0.3 is 5.69 Å². The van der Waals surface area contributed by atoms with Gasteiger partial charge in [0.05, 0.1) is 12.0 Å². The molecule has 1 N–H and O–H groups in total. The Labute approximate surface area is 114 Å². The van der Waals surface area contributed by atoms with Crippen molar-refractivity contribution in [1.29, 1.82) is 0 Å². The quantitative estimate of drug-likeness (QED) is 0.687. The Morgan fingerprint density at radius 1 is 1.50 bits per heavy atom. The van der Waals surface area contributed by atoms with E-state index in [-0.39, 0.29) is 17.3 Å². The standard InChI is InChI=1S/C12H13FN4O3/c1-7-11(17(18)19)12(16(2)15-7)14-8-4-5-9(13)10(6-8)20-3/h4-6,14H,1-3H3. The van der Waals surface area contributed by atoms with Gasteiger partial charge in [-0.05, 0) is 19.1 Å². The Balaban J connectivity index is 2.42. The maximum absolute atomic E-state index is 13.3. The van der Waals surface area contributed by atoms with Gasteiger partial charge in [0.2, 0.25) is 5.82 Å². The van der Waals surface area contributed by atoms with Gasteiger partial charge in [-0.2, -0.15) is 5.10 Å². The molecule has 0 unspecified atom stereocenters. The van der Waals surface area contributed by atoms with Gasteiger partial charge in [0, 0.05) is 18.8 Å². The second-order valence-corrected chi connectivity index (χ2v) is 4.14. The minimum absolute atomic E-state index is 0.0524. The summed E-state index contributed by atoms with van der Waals surface area (Å²) in [6.45, 7) is 1.55. The molecular formula is C12H13FN4O3. The molecule has 8 heteroatoms. The van der Waals surface area contributed by atoms with E-state index in [1.165, 1.54) is 30.0 Å². The minimum atomic E-state index is -0.509. The predicted molar refractivity (Wildman–Crippen MR) is 70.8 cm³/mol. The summed E-state index contributed by atoms with van der Waals surface area (Å²) in [6.07, 6.45) is 0. The second kappa shape index (κ2) is 5.16. The van der Waals surface area contributed by atoms with Crippen molar-refractivity contribution in [2.24, 2.45) is 7.05 Å². The molecule has 0 amide bonds. The summed E-state index contributed by atoms with van der Waals surface area (Å²) in [6, 6.07) is 4.10. The van der Waals surface area contributed by atoms with Crippen LogP contribution in [0.1, 0.15) is 5.69 Å².